The van der Waals surface area contributed by atoms with Crippen molar-refractivity contribution >= 4 is 0 Å². The van der Waals surface area contributed by atoms with Crippen molar-refractivity contribution in [3.05, 3.63) is 0 Å². The number of halogens is 12. The molecule has 3 saturated carbocycles. The maximum atomic E-state index is 13.5. The minimum absolute atomic E-state index is 4.91. The molecule has 0 amide bonds. The third-order valence-corrected chi connectivity index (χ3v) is 3.63. The van der Waals surface area contributed by atoms with E-state index in [1.807, 2.05) is 0 Å². The van der Waals surface area contributed by atoms with Gasteiger partial charge in [0.1, 0.15) is 0 Å². The van der Waals surface area contributed by atoms with Crippen molar-refractivity contribution < 1.29 is 52.7 Å². The van der Waals surface area contributed by atoms with Crippen molar-refractivity contribution in [3.63, 3.8) is 0 Å². The summed E-state index contributed by atoms with van der Waals surface area (Å²) in [4.78, 5) is 0. The molecular weight excluding hydrogens is 324 g/mol. The standard InChI is InChI=1S/C8H2F12/c9-1-2(10)4(12)7(17,18)5(13,14)3(1,11)6(15,16)8(4,19)20/h1-2H. The lowest BCUT2D eigenvalue weighted by atomic mass is 9.56. The predicted octanol–water partition coefficient (Wildman–Crippen LogP) is 3.65. The zero-order valence-corrected chi connectivity index (χ0v) is 8.69. The average Bonchev–Trinajstić information content (AvgIpc) is 2.30. The van der Waals surface area contributed by atoms with E-state index in [1.165, 1.54) is 0 Å². The summed E-state index contributed by atoms with van der Waals surface area (Å²) >= 11 is 0. The van der Waals surface area contributed by atoms with Gasteiger partial charge in [-0.3, -0.25) is 0 Å². The molecule has 0 nitrogen and oxygen atoms in total. The van der Waals surface area contributed by atoms with Crippen LogP contribution in [0.25, 0.3) is 0 Å². The minimum Gasteiger partial charge on any atom is -0.240 e. The summed E-state index contributed by atoms with van der Waals surface area (Å²) in [5, 5.41) is 0. The fourth-order valence-electron chi connectivity index (χ4n) is 2.40. The lowest BCUT2D eigenvalue weighted by Gasteiger charge is -2.61. The summed E-state index contributed by atoms with van der Waals surface area (Å²) in [6.45, 7) is 0. The Bertz CT molecular complexity index is 382. The molecule has 0 aliphatic heterocycles. The normalized spacial score (nSPS) is 51.0. The van der Waals surface area contributed by atoms with E-state index in [-0.39, 0.29) is 0 Å². The summed E-state index contributed by atoms with van der Waals surface area (Å²) in [7, 11) is 0. The molecule has 0 aromatic rings. The van der Waals surface area contributed by atoms with Crippen LogP contribution < -0.4 is 0 Å². The van der Waals surface area contributed by atoms with Gasteiger partial charge in [0.2, 0.25) is 0 Å². The zero-order chi connectivity index (χ0) is 16.2. The monoisotopic (exact) mass is 326 g/mol. The molecule has 2 atom stereocenters. The summed E-state index contributed by atoms with van der Waals surface area (Å²) in [5.41, 5.74) is -13.2. The maximum Gasteiger partial charge on any atom is 0.356 e. The Morgan fingerprint density at radius 3 is 0.700 bits per heavy atom. The first kappa shape index (κ1) is 15.5. The quantitative estimate of drug-likeness (QED) is 0.596. The van der Waals surface area contributed by atoms with Crippen LogP contribution in [0.5, 0.6) is 0 Å². The smallest absolute Gasteiger partial charge is 0.240 e. The fourth-order valence-corrected chi connectivity index (χ4v) is 2.40. The van der Waals surface area contributed by atoms with Gasteiger partial charge in [0, 0.05) is 0 Å². The average molecular weight is 326 g/mol. The molecular formula is C8H2F12. The van der Waals surface area contributed by atoms with Gasteiger partial charge in [-0.2, -0.15) is 35.1 Å². The Balaban J connectivity index is 2.94. The highest BCUT2D eigenvalue weighted by Gasteiger charge is 3.07. The van der Waals surface area contributed by atoms with Crippen molar-refractivity contribution in [3.8, 4) is 0 Å². The molecule has 0 N–H and O–H groups in total. The van der Waals surface area contributed by atoms with Gasteiger partial charge >= 0.3 is 23.7 Å². The highest BCUT2D eigenvalue weighted by molar-refractivity contribution is 5.39. The number of rotatable bonds is 0. The van der Waals surface area contributed by atoms with Gasteiger partial charge in [-0.15, -0.1) is 0 Å². The van der Waals surface area contributed by atoms with E-state index in [1.54, 1.807) is 0 Å². The summed E-state index contributed by atoms with van der Waals surface area (Å²) in [6, 6.07) is 0. The molecule has 0 aromatic carbocycles. The largest absolute Gasteiger partial charge is 0.356 e. The molecule has 0 aromatic heterocycles. The van der Waals surface area contributed by atoms with Gasteiger partial charge in [-0.05, 0) is 0 Å². The Hall–Kier alpha value is -0.840. The van der Waals surface area contributed by atoms with E-state index in [0.717, 1.165) is 0 Å². The molecule has 20 heavy (non-hydrogen) atoms. The molecule has 2 unspecified atom stereocenters. The Kier molecular flexibility index (Phi) is 2.45. The first-order valence-electron chi connectivity index (χ1n) is 4.74. The number of alkyl halides is 12. The van der Waals surface area contributed by atoms with E-state index < -0.39 is 47.4 Å². The summed E-state index contributed by atoms with van der Waals surface area (Å²) < 4.78 is 157. The van der Waals surface area contributed by atoms with Crippen molar-refractivity contribution in [2.45, 2.75) is 47.4 Å². The number of fused-ring (bicyclic) bond motifs is 3. The van der Waals surface area contributed by atoms with Crippen LogP contribution in [0.3, 0.4) is 0 Å². The molecule has 0 heterocycles. The first-order chi connectivity index (χ1) is 8.57. The fraction of sp³-hybridized carbons (Fsp3) is 1.00. The molecule has 118 valence electrons. The van der Waals surface area contributed by atoms with Gasteiger partial charge in [0.05, 0.1) is 0 Å². The molecule has 3 aliphatic carbocycles. The zero-order valence-electron chi connectivity index (χ0n) is 8.69. The van der Waals surface area contributed by atoms with E-state index in [9.17, 15) is 52.7 Å². The highest BCUT2D eigenvalue weighted by atomic mass is 19.4. The van der Waals surface area contributed by atoms with Crippen LogP contribution in [0.2, 0.25) is 0 Å². The van der Waals surface area contributed by atoms with Crippen LogP contribution in [-0.4, -0.2) is 47.4 Å². The lowest BCUT2D eigenvalue weighted by molar-refractivity contribution is -0.505. The molecule has 3 aliphatic rings. The Morgan fingerprint density at radius 2 is 0.550 bits per heavy atom. The Labute approximate surface area is 101 Å². The van der Waals surface area contributed by atoms with Gasteiger partial charge in [0.25, 0.3) is 11.3 Å². The summed E-state index contributed by atoms with van der Waals surface area (Å²) in [6.07, 6.45) is -9.81. The second kappa shape index (κ2) is 3.16. The molecule has 3 fully saturated rings. The maximum absolute atomic E-state index is 13.5. The van der Waals surface area contributed by atoms with E-state index in [2.05, 4.69) is 0 Å². The predicted molar refractivity (Wildman–Crippen MR) is 37.3 cm³/mol. The van der Waals surface area contributed by atoms with E-state index in [4.69, 9.17) is 0 Å². The van der Waals surface area contributed by atoms with Gasteiger partial charge in [-0.25, -0.2) is 17.6 Å². The van der Waals surface area contributed by atoms with Gasteiger partial charge in [-0.1, -0.05) is 0 Å². The SMILES string of the molecule is FC1C(F)C2(F)C(F)(F)C(F)(F)C1(F)C(F)(F)C2(F)F. The molecule has 0 saturated heterocycles. The van der Waals surface area contributed by atoms with Crippen LogP contribution in [0, 0.1) is 0 Å². The topological polar surface area (TPSA) is 0 Å². The van der Waals surface area contributed by atoms with Gasteiger partial charge < -0.3 is 0 Å². The van der Waals surface area contributed by atoms with Crippen molar-refractivity contribution in [1.82, 2.24) is 0 Å². The van der Waals surface area contributed by atoms with Crippen molar-refractivity contribution in [1.29, 1.82) is 0 Å². The second-order valence-corrected chi connectivity index (χ2v) is 4.52. The van der Waals surface area contributed by atoms with Crippen LogP contribution in [0.1, 0.15) is 0 Å². The third kappa shape index (κ3) is 0.937. The third-order valence-electron chi connectivity index (χ3n) is 3.63. The van der Waals surface area contributed by atoms with Crippen LogP contribution in [0.4, 0.5) is 52.7 Å². The molecule has 0 spiro atoms. The van der Waals surface area contributed by atoms with Crippen LogP contribution in [-0.2, 0) is 0 Å². The highest BCUT2D eigenvalue weighted by Crippen LogP contribution is 2.75. The van der Waals surface area contributed by atoms with E-state index in [0.29, 0.717) is 0 Å². The minimum atomic E-state index is -6.89. The lowest BCUT2D eigenvalue weighted by Crippen LogP contribution is -2.94. The summed E-state index contributed by atoms with van der Waals surface area (Å²) in [5.74, 6) is -27.5. The second-order valence-electron chi connectivity index (χ2n) is 4.52. The molecule has 2 bridgehead atoms. The van der Waals surface area contributed by atoms with Crippen molar-refractivity contribution in [2.75, 3.05) is 0 Å². The van der Waals surface area contributed by atoms with Crippen LogP contribution in [0.15, 0.2) is 0 Å². The molecule has 3 rings (SSSR count). The van der Waals surface area contributed by atoms with Crippen molar-refractivity contribution in [2.24, 2.45) is 0 Å². The Morgan fingerprint density at radius 1 is 0.400 bits per heavy atom. The van der Waals surface area contributed by atoms with Gasteiger partial charge in [0.15, 0.2) is 12.3 Å². The molecule has 0 radical (unpaired) electrons. The number of hydrogen-bond acceptors (Lipinski definition) is 0. The van der Waals surface area contributed by atoms with E-state index >= 15 is 0 Å². The first-order valence-corrected chi connectivity index (χ1v) is 4.74. The number of hydrogen-bond donors (Lipinski definition) is 0. The molecule has 12 heteroatoms. The van der Waals surface area contributed by atoms with Crippen LogP contribution >= 0.6 is 0 Å².